The third-order valence-electron chi connectivity index (χ3n) is 1.33. The maximum Gasteiger partial charge on any atom is 0.123 e. The first-order valence-corrected chi connectivity index (χ1v) is 4.01. The van der Waals surface area contributed by atoms with Crippen molar-refractivity contribution in [3.63, 3.8) is 0 Å². The molecular weight excluding hydrogens is 195 g/mol. The Hall–Kier alpha value is -0.370. The fourth-order valence-corrected chi connectivity index (χ4v) is 1.03. The normalized spacial score (nSPS) is 13.1. The highest BCUT2D eigenvalue weighted by Crippen LogP contribution is 2.20. The SMILES string of the molecule is C[C@H](Br)c1ccc(F)cc1. The van der Waals surface area contributed by atoms with Gasteiger partial charge in [0.1, 0.15) is 5.82 Å². The molecule has 0 spiro atoms. The van der Waals surface area contributed by atoms with E-state index in [2.05, 4.69) is 15.9 Å². The summed E-state index contributed by atoms with van der Waals surface area (Å²) in [7, 11) is 0. The van der Waals surface area contributed by atoms with Crippen LogP contribution in [-0.4, -0.2) is 0 Å². The van der Waals surface area contributed by atoms with Crippen molar-refractivity contribution >= 4 is 15.9 Å². The fourth-order valence-electron chi connectivity index (χ4n) is 0.728. The first-order valence-electron chi connectivity index (χ1n) is 3.09. The van der Waals surface area contributed by atoms with Crippen molar-refractivity contribution in [2.45, 2.75) is 11.8 Å². The van der Waals surface area contributed by atoms with E-state index in [1.54, 1.807) is 12.1 Å². The molecule has 1 aromatic carbocycles. The predicted octanol–water partition coefficient (Wildman–Crippen LogP) is 3.28. The van der Waals surface area contributed by atoms with Crippen molar-refractivity contribution in [1.82, 2.24) is 0 Å². The molecule has 10 heavy (non-hydrogen) atoms. The third kappa shape index (κ3) is 1.81. The van der Waals surface area contributed by atoms with Crippen LogP contribution in [0.25, 0.3) is 0 Å². The van der Waals surface area contributed by atoms with Gasteiger partial charge in [-0.15, -0.1) is 0 Å². The lowest BCUT2D eigenvalue weighted by molar-refractivity contribution is 0.627. The van der Waals surface area contributed by atoms with Gasteiger partial charge in [0.25, 0.3) is 0 Å². The summed E-state index contributed by atoms with van der Waals surface area (Å²) in [5.41, 5.74) is 1.10. The zero-order valence-corrected chi connectivity index (χ0v) is 7.23. The highest BCUT2D eigenvalue weighted by molar-refractivity contribution is 9.09. The van der Waals surface area contributed by atoms with Crippen LogP contribution in [0.1, 0.15) is 17.3 Å². The van der Waals surface area contributed by atoms with Gasteiger partial charge in [0, 0.05) is 4.83 Å². The van der Waals surface area contributed by atoms with Gasteiger partial charge in [-0.05, 0) is 24.6 Å². The summed E-state index contributed by atoms with van der Waals surface area (Å²) in [6, 6.07) is 6.48. The number of halogens is 2. The van der Waals surface area contributed by atoms with Crippen molar-refractivity contribution in [3.8, 4) is 0 Å². The second-order valence-electron chi connectivity index (χ2n) is 2.17. The lowest BCUT2D eigenvalue weighted by Gasteiger charge is -2.00. The van der Waals surface area contributed by atoms with Gasteiger partial charge in [-0.3, -0.25) is 0 Å². The van der Waals surface area contributed by atoms with Crippen LogP contribution in [0.3, 0.4) is 0 Å². The maximum absolute atomic E-state index is 12.3. The van der Waals surface area contributed by atoms with Crippen LogP contribution in [0.2, 0.25) is 0 Å². The lowest BCUT2D eigenvalue weighted by atomic mass is 10.2. The summed E-state index contributed by atoms with van der Waals surface area (Å²) in [6.07, 6.45) is 0. The monoisotopic (exact) mass is 202 g/mol. The Kier molecular flexibility index (Phi) is 2.44. The van der Waals surface area contributed by atoms with Crippen LogP contribution in [0.15, 0.2) is 24.3 Å². The van der Waals surface area contributed by atoms with Gasteiger partial charge in [0.2, 0.25) is 0 Å². The molecule has 0 radical (unpaired) electrons. The Balaban J connectivity index is 2.89. The van der Waals surface area contributed by atoms with Gasteiger partial charge in [0.15, 0.2) is 0 Å². The lowest BCUT2D eigenvalue weighted by Crippen LogP contribution is -1.82. The summed E-state index contributed by atoms with van der Waals surface area (Å²) in [4.78, 5) is 0.299. The average Bonchev–Trinajstić information content (AvgIpc) is 1.88. The van der Waals surface area contributed by atoms with Gasteiger partial charge in [0.05, 0.1) is 0 Å². The molecule has 0 fully saturated rings. The number of rotatable bonds is 1. The zero-order valence-electron chi connectivity index (χ0n) is 5.64. The van der Waals surface area contributed by atoms with Crippen LogP contribution < -0.4 is 0 Å². The molecule has 54 valence electrons. The minimum atomic E-state index is -0.183. The molecule has 0 saturated carbocycles. The van der Waals surface area contributed by atoms with Gasteiger partial charge in [-0.25, -0.2) is 4.39 Å². The molecule has 0 saturated heterocycles. The van der Waals surface area contributed by atoms with E-state index in [0.717, 1.165) is 5.56 Å². The Morgan fingerprint density at radius 3 is 2.20 bits per heavy atom. The molecule has 1 rings (SSSR count). The number of alkyl halides is 1. The largest absolute Gasteiger partial charge is 0.207 e. The minimum Gasteiger partial charge on any atom is -0.207 e. The quantitative estimate of drug-likeness (QED) is 0.614. The molecule has 2 heteroatoms. The van der Waals surface area contributed by atoms with Gasteiger partial charge in [-0.2, -0.15) is 0 Å². The van der Waals surface area contributed by atoms with Crippen molar-refractivity contribution in [1.29, 1.82) is 0 Å². The molecule has 1 aromatic rings. The van der Waals surface area contributed by atoms with E-state index in [1.807, 2.05) is 6.92 Å². The molecule has 0 aliphatic heterocycles. The summed E-state index contributed by atoms with van der Waals surface area (Å²) >= 11 is 3.38. The minimum absolute atomic E-state index is 0.183. The summed E-state index contributed by atoms with van der Waals surface area (Å²) in [5.74, 6) is -0.183. The number of hydrogen-bond donors (Lipinski definition) is 0. The van der Waals surface area contributed by atoms with E-state index in [1.165, 1.54) is 12.1 Å². The summed E-state index contributed by atoms with van der Waals surface area (Å²) in [5, 5.41) is 0. The van der Waals surface area contributed by atoms with E-state index in [4.69, 9.17) is 0 Å². The van der Waals surface area contributed by atoms with Gasteiger partial charge >= 0.3 is 0 Å². The fraction of sp³-hybridized carbons (Fsp3) is 0.250. The van der Waals surface area contributed by atoms with E-state index >= 15 is 0 Å². The Morgan fingerprint density at radius 1 is 1.30 bits per heavy atom. The molecule has 0 unspecified atom stereocenters. The summed E-state index contributed by atoms with van der Waals surface area (Å²) in [6.45, 7) is 2.01. The van der Waals surface area contributed by atoms with E-state index < -0.39 is 0 Å². The van der Waals surface area contributed by atoms with Crippen LogP contribution in [0, 0.1) is 5.82 Å². The van der Waals surface area contributed by atoms with E-state index in [-0.39, 0.29) is 5.82 Å². The molecular formula is C8H8BrF. The van der Waals surface area contributed by atoms with Crippen molar-refractivity contribution < 1.29 is 4.39 Å². The first kappa shape index (κ1) is 7.73. The Bertz CT molecular complexity index is 203. The Labute approximate surface area is 68.2 Å². The van der Waals surface area contributed by atoms with Crippen molar-refractivity contribution in [3.05, 3.63) is 35.6 Å². The number of benzene rings is 1. The summed E-state index contributed by atoms with van der Waals surface area (Å²) < 4.78 is 12.3. The second kappa shape index (κ2) is 3.15. The molecule has 0 heterocycles. The molecule has 0 amide bonds. The van der Waals surface area contributed by atoms with E-state index in [9.17, 15) is 4.39 Å². The molecule has 1 atom stereocenters. The van der Waals surface area contributed by atoms with Gasteiger partial charge in [-0.1, -0.05) is 28.1 Å². The van der Waals surface area contributed by atoms with E-state index in [0.29, 0.717) is 4.83 Å². The molecule has 0 N–H and O–H groups in total. The topological polar surface area (TPSA) is 0 Å². The van der Waals surface area contributed by atoms with Crippen molar-refractivity contribution in [2.24, 2.45) is 0 Å². The second-order valence-corrected chi connectivity index (χ2v) is 3.54. The average molecular weight is 203 g/mol. The first-order chi connectivity index (χ1) is 4.70. The van der Waals surface area contributed by atoms with Crippen molar-refractivity contribution in [2.75, 3.05) is 0 Å². The van der Waals surface area contributed by atoms with Crippen LogP contribution >= 0.6 is 15.9 Å². The highest BCUT2D eigenvalue weighted by atomic mass is 79.9. The zero-order chi connectivity index (χ0) is 7.56. The van der Waals surface area contributed by atoms with Crippen LogP contribution in [-0.2, 0) is 0 Å². The van der Waals surface area contributed by atoms with Gasteiger partial charge < -0.3 is 0 Å². The number of hydrogen-bond acceptors (Lipinski definition) is 0. The maximum atomic E-state index is 12.3. The highest BCUT2D eigenvalue weighted by Gasteiger charge is 1.98. The predicted molar refractivity (Wildman–Crippen MR) is 43.7 cm³/mol. The van der Waals surface area contributed by atoms with Crippen LogP contribution in [0.4, 0.5) is 4.39 Å². The van der Waals surface area contributed by atoms with Crippen LogP contribution in [0.5, 0.6) is 0 Å². The molecule has 0 aliphatic carbocycles. The molecule has 0 aromatic heterocycles. The molecule has 0 bridgehead atoms. The molecule has 0 aliphatic rings. The Morgan fingerprint density at radius 2 is 1.80 bits per heavy atom. The smallest absolute Gasteiger partial charge is 0.123 e. The molecule has 0 nitrogen and oxygen atoms in total. The standard InChI is InChI=1S/C8H8BrF/c1-6(9)7-2-4-8(10)5-3-7/h2-6H,1H3/t6-/m0/s1. The third-order valence-corrected chi connectivity index (χ3v) is 1.86.